The van der Waals surface area contributed by atoms with Crippen molar-refractivity contribution >= 4 is 22.9 Å². The summed E-state index contributed by atoms with van der Waals surface area (Å²) in [5.74, 6) is -0.0414. The lowest BCUT2D eigenvalue weighted by atomic mass is 10.1. The minimum absolute atomic E-state index is 0.0117. The van der Waals surface area contributed by atoms with Gasteiger partial charge in [-0.1, -0.05) is 12.8 Å². The summed E-state index contributed by atoms with van der Waals surface area (Å²) in [5, 5.41) is 40.4. The summed E-state index contributed by atoms with van der Waals surface area (Å²) in [5.41, 5.74) is 7.23. The Morgan fingerprint density at radius 3 is 2.73 bits per heavy atom. The fraction of sp³-hybridized carbons (Fsp3) is 0.550. The topological polar surface area (TPSA) is 197 Å². The molecule has 3 aromatic heterocycles. The molecule has 0 radical (unpaired) electrons. The van der Waals surface area contributed by atoms with Crippen LogP contribution in [0.4, 0.5) is 5.82 Å². The first-order chi connectivity index (χ1) is 15.9. The number of aliphatic hydroxyl groups excluding tert-OH is 3. The smallest absolute Gasteiger partial charge is 0.269 e. The van der Waals surface area contributed by atoms with Crippen molar-refractivity contribution in [2.24, 2.45) is 5.73 Å². The zero-order valence-corrected chi connectivity index (χ0v) is 18.0. The van der Waals surface area contributed by atoms with E-state index in [-0.39, 0.29) is 17.6 Å². The zero-order valence-electron chi connectivity index (χ0n) is 18.0. The molecule has 4 atom stereocenters. The van der Waals surface area contributed by atoms with Gasteiger partial charge in [0.25, 0.3) is 5.91 Å². The fourth-order valence-electron chi connectivity index (χ4n) is 4.57. The summed E-state index contributed by atoms with van der Waals surface area (Å²) in [6, 6.07) is 0.219. The quantitative estimate of drug-likeness (QED) is 0.282. The number of anilines is 1. The SMILES string of the molecule is Cc1[nH]nc(C(N)=O)c1-c1nc(NC2CCCC2)c2ncn([C@@H]3O[C@H](CO)[C@@H](O)[C@@H]3O)c2n1. The Labute approximate surface area is 188 Å². The second-order valence-electron chi connectivity index (χ2n) is 8.51. The number of aromatic amines is 1. The maximum absolute atomic E-state index is 12.0. The lowest BCUT2D eigenvalue weighted by molar-refractivity contribution is -0.0511. The minimum Gasteiger partial charge on any atom is -0.394 e. The van der Waals surface area contributed by atoms with Crippen LogP contribution in [0, 0.1) is 6.92 Å². The number of ether oxygens (including phenoxy) is 1. The molecule has 0 bridgehead atoms. The highest BCUT2D eigenvalue weighted by Crippen LogP contribution is 2.35. The van der Waals surface area contributed by atoms with Crippen molar-refractivity contribution in [1.29, 1.82) is 0 Å². The van der Waals surface area contributed by atoms with Gasteiger partial charge in [0.05, 0.1) is 18.5 Å². The lowest BCUT2D eigenvalue weighted by Gasteiger charge is -2.18. The zero-order chi connectivity index (χ0) is 23.3. The maximum atomic E-state index is 12.0. The van der Waals surface area contributed by atoms with Gasteiger partial charge in [-0.15, -0.1) is 0 Å². The molecule has 7 N–H and O–H groups in total. The van der Waals surface area contributed by atoms with Gasteiger partial charge in [0.15, 0.2) is 34.7 Å². The Hall–Kier alpha value is -3.13. The summed E-state index contributed by atoms with van der Waals surface area (Å²) in [7, 11) is 0. The molecule has 33 heavy (non-hydrogen) atoms. The number of aryl methyl sites for hydroxylation is 1. The number of aliphatic hydroxyl groups is 3. The normalized spacial score (nSPS) is 25.8. The molecule has 0 unspecified atom stereocenters. The van der Waals surface area contributed by atoms with E-state index >= 15 is 0 Å². The largest absolute Gasteiger partial charge is 0.394 e. The predicted octanol–water partition coefficient (Wildman–Crippen LogP) is -0.410. The van der Waals surface area contributed by atoms with E-state index in [0.717, 1.165) is 25.7 Å². The van der Waals surface area contributed by atoms with Gasteiger partial charge in [0, 0.05) is 11.7 Å². The van der Waals surface area contributed by atoms with Crippen molar-refractivity contribution in [3.63, 3.8) is 0 Å². The number of H-pyrrole nitrogens is 1. The first-order valence-corrected chi connectivity index (χ1v) is 10.9. The van der Waals surface area contributed by atoms with Crippen LogP contribution in [-0.4, -0.2) is 81.9 Å². The van der Waals surface area contributed by atoms with Crippen LogP contribution in [-0.2, 0) is 4.74 Å². The molecule has 4 heterocycles. The number of amides is 1. The van der Waals surface area contributed by atoms with Crippen LogP contribution in [0.1, 0.15) is 48.1 Å². The molecule has 1 saturated heterocycles. The Morgan fingerprint density at radius 2 is 2.06 bits per heavy atom. The molecule has 13 heteroatoms. The number of nitrogens with zero attached hydrogens (tertiary/aromatic N) is 5. The van der Waals surface area contributed by atoms with E-state index in [1.165, 1.54) is 10.9 Å². The Balaban J connectivity index is 1.67. The molecule has 5 rings (SSSR count). The van der Waals surface area contributed by atoms with Gasteiger partial charge in [-0.2, -0.15) is 5.10 Å². The van der Waals surface area contributed by atoms with Crippen molar-refractivity contribution in [1.82, 2.24) is 29.7 Å². The number of hydrogen-bond donors (Lipinski definition) is 6. The summed E-state index contributed by atoms with van der Waals surface area (Å²) in [6.45, 7) is 1.28. The second kappa shape index (κ2) is 8.33. The second-order valence-corrected chi connectivity index (χ2v) is 8.51. The van der Waals surface area contributed by atoms with Gasteiger partial charge < -0.3 is 31.1 Å². The number of imidazole rings is 1. The van der Waals surface area contributed by atoms with Crippen LogP contribution in [0.3, 0.4) is 0 Å². The highest BCUT2D eigenvalue weighted by atomic mass is 16.6. The lowest BCUT2D eigenvalue weighted by Crippen LogP contribution is -2.33. The summed E-state index contributed by atoms with van der Waals surface area (Å²) in [4.78, 5) is 25.7. The molecule has 1 aliphatic carbocycles. The number of nitrogens with two attached hydrogens (primary N) is 1. The van der Waals surface area contributed by atoms with Crippen molar-refractivity contribution in [3.05, 3.63) is 17.7 Å². The van der Waals surface area contributed by atoms with Gasteiger partial charge in [-0.3, -0.25) is 14.5 Å². The third-order valence-corrected chi connectivity index (χ3v) is 6.31. The molecule has 1 aliphatic heterocycles. The van der Waals surface area contributed by atoms with E-state index in [1.54, 1.807) is 6.92 Å². The van der Waals surface area contributed by atoms with Crippen LogP contribution < -0.4 is 11.1 Å². The van der Waals surface area contributed by atoms with E-state index in [4.69, 9.17) is 10.5 Å². The van der Waals surface area contributed by atoms with Crippen LogP contribution in [0.5, 0.6) is 0 Å². The molecule has 176 valence electrons. The molecule has 0 spiro atoms. The number of carbonyl (C=O) groups is 1. The number of rotatable bonds is 6. The number of nitrogens with one attached hydrogen (secondary N) is 2. The Bertz CT molecular complexity index is 1190. The third-order valence-electron chi connectivity index (χ3n) is 6.31. The first-order valence-electron chi connectivity index (χ1n) is 10.9. The van der Waals surface area contributed by atoms with Crippen molar-refractivity contribution in [3.8, 4) is 11.4 Å². The average Bonchev–Trinajstić information content (AvgIpc) is 3.57. The van der Waals surface area contributed by atoms with E-state index < -0.39 is 37.1 Å². The molecule has 3 aromatic rings. The third kappa shape index (κ3) is 3.62. The highest BCUT2D eigenvalue weighted by molar-refractivity contribution is 5.98. The minimum atomic E-state index is -1.30. The highest BCUT2D eigenvalue weighted by Gasteiger charge is 2.44. The molecule has 1 saturated carbocycles. The Morgan fingerprint density at radius 1 is 1.30 bits per heavy atom. The Kier molecular flexibility index (Phi) is 5.48. The van der Waals surface area contributed by atoms with Crippen molar-refractivity contribution in [2.75, 3.05) is 11.9 Å². The number of hydrogen-bond acceptors (Lipinski definition) is 10. The van der Waals surface area contributed by atoms with E-state index in [1.807, 2.05) is 0 Å². The fourth-order valence-corrected chi connectivity index (χ4v) is 4.57. The van der Waals surface area contributed by atoms with E-state index in [2.05, 4.69) is 30.5 Å². The molecular formula is C20H26N8O5. The van der Waals surface area contributed by atoms with Gasteiger partial charge in [-0.25, -0.2) is 15.0 Å². The number of primary amides is 1. The van der Waals surface area contributed by atoms with Crippen LogP contribution in [0.25, 0.3) is 22.6 Å². The van der Waals surface area contributed by atoms with Crippen LogP contribution in [0.15, 0.2) is 6.33 Å². The summed E-state index contributed by atoms with van der Waals surface area (Å²) < 4.78 is 7.17. The van der Waals surface area contributed by atoms with Crippen LogP contribution in [0.2, 0.25) is 0 Å². The van der Waals surface area contributed by atoms with Gasteiger partial charge in [0.2, 0.25) is 0 Å². The molecule has 1 amide bonds. The summed E-state index contributed by atoms with van der Waals surface area (Å²) >= 11 is 0. The number of aromatic nitrogens is 6. The van der Waals surface area contributed by atoms with Crippen LogP contribution >= 0.6 is 0 Å². The molecule has 0 aromatic carbocycles. The number of fused-ring (bicyclic) bond motifs is 1. The molecule has 13 nitrogen and oxygen atoms in total. The van der Waals surface area contributed by atoms with Gasteiger partial charge in [-0.05, 0) is 19.8 Å². The molecule has 2 aliphatic rings. The number of carbonyl (C=O) groups excluding carboxylic acids is 1. The van der Waals surface area contributed by atoms with Gasteiger partial charge in [0.1, 0.15) is 18.3 Å². The molecule has 2 fully saturated rings. The summed E-state index contributed by atoms with van der Waals surface area (Å²) in [6.07, 6.45) is 1.11. The van der Waals surface area contributed by atoms with E-state index in [9.17, 15) is 20.1 Å². The van der Waals surface area contributed by atoms with Gasteiger partial charge >= 0.3 is 0 Å². The maximum Gasteiger partial charge on any atom is 0.269 e. The van der Waals surface area contributed by atoms with Crippen molar-refractivity contribution in [2.45, 2.75) is 63.2 Å². The standard InChI is InChI=1S/C20H26N8O5/c1-8-11(12(16(21)32)27-26-8)17-24-18(23-9-4-2-3-5-9)13-19(25-17)28(7-22-13)20-15(31)14(30)10(6-29)33-20/h7,9-10,14-15,20,29-31H,2-6H2,1H3,(H2,21,32)(H,26,27)(H,23,24,25)/t10-,14-,15+,20-/m1/s1. The van der Waals surface area contributed by atoms with E-state index in [0.29, 0.717) is 28.2 Å². The molecular weight excluding hydrogens is 432 g/mol. The van der Waals surface area contributed by atoms with Crippen molar-refractivity contribution < 1.29 is 24.9 Å². The average molecular weight is 458 g/mol. The monoisotopic (exact) mass is 458 g/mol. The first kappa shape index (κ1) is 21.7. The predicted molar refractivity (Wildman–Crippen MR) is 115 cm³/mol.